The molecule has 0 aliphatic heterocycles. The van der Waals surface area contributed by atoms with E-state index in [2.05, 4.69) is 21.2 Å². The van der Waals surface area contributed by atoms with Gasteiger partial charge in [-0.1, -0.05) is 28.9 Å². The molecule has 1 fully saturated rings. The zero-order chi connectivity index (χ0) is 17.7. The summed E-state index contributed by atoms with van der Waals surface area (Å²) in [5.41, 5.74) is 0. The Bertz CT molecular complexity index is 590. The van der Waals surface area contributed by atoms with E-state index in [0.29, 0.717) is 12.3 Å². The van der Waals surface area contributed by atoms with Crippen LogP contribution in [-0.2, 0) is 9.59 Å². The maximum atomic E-state index is 12.2. The van der Waals surface area contributed by atoms with E-state index in [0.717, 1.165) is 17.3 Å². The average molecular weight is 399 g/mol. The second-order valence-corrected chi connectivity index (χ2v) is 6.92. The van der Waals surface area contributed by atoms with Crippen LogP contribution >= 0.6 is 15.9 Å². The van der Waals surface area contributed by atoms with Crippen LogP contribution in [0.5, 0.6) is 5.75 Å². The molecule has 1 saturated carbocycles. The number of hydrogen-bond acceptors (Lipinski definition) is 4. The summed E-state index contributed by atoms with van der Waals surface area (Å²) < 4.78 is 6.54. The molecule has 0 saturated heterocycles. The lowest BCUT2D eigenvalue weighted by molar-refractivity contribution is -0.140. The van der Waals surface area contributed by atoms with Crippen LogP contribution < -0.4 is 10.1 Å². The summed E-state index contributed by atoms with van der Waals surface area (Å²) in [6.45, 7) is 4.40. The van der Waals surface area contributed by atoms with Gasteiger partial charge >= 0.3 is 5.97 Å². The molecular formula is C17H23BrN2O4. The topological polar surface area (TPSA) is 78.9 Å². The first-order chi connectivity index (χ1) is 11.4. The van der Waals surface area contributed by atoms with Gasteiger partial charge < -0.3 is 15.2 Å². The first kappa shape index (κ1) is 18.7. The van der Waals surface area contributed by atoms with E-state index in [9.17, 15) is 9.59 Å². The summed E-state index contributed by atoms with van der Waals surface area (Å²) in [7, 11) is 0. The maximum absolute atomic E-state index is 12.2. The number of rotatable bonds is 8. The van der Waals surface area contributed by atoms with E-state index >= 15 is 0 Å². The lowest BCUT2D eigenvalue weighted by Gasteiger charge is -2.42. The van der Waals surface area contributed by atoms with Crippen molar-refractivity contribution in [2.75, 3.05) is 13.1 Å². The van der Waals surface area contributed by atoms with Gasteiger partial charge in [0.25, 0.3) is 5.91 Å². The highest BCUT2D eigenvalue weighted by Crippen LogP contribution is 2.26. The molecule has 1 atom stereocenters. The summed E-state index contributed by atoms with van der Waals surface area (Å²) >= 11 is 3.37. The molecular weight excluding hydrogens is 376 g/mol. The third-order valence-electron chi connectivity index (χ3n) is 4.20. The van der Waals surface area contributed by atoms with Crippen molar-refractivity contribution < 1.29 is 19.4 Å². The Labute approximate surface area is 150 Å². The summed E-state index contributed by atoms with van der Waals surface area (Å²) in [4.78, 5) is 25.0. The molecule has 2 N–H and O–H groups in total. The van der Waals surface area contributed by atoms with Crippen molar-refractivity contribution in [3.63, 3.8) is 0 Å². The number of nitrogens with zero attached hydrogens (tertiary/aromatic N) is 1. The number of carbonyl (C=O) groups excluding carboxylic acids is 1. The van der Waals surface area contributed by atoms with Crippen LogP contribution in [0.25, 0.3) is 0 Å². The van der Waals surface area contributed by atoms with Gasteiger partial charge in [0, 0.05) is 16.6 Å². The lowest BCUT2D eigenvalue weighted by Crippen LogP contribution is -2.56. The molecule has 1 aromatic rings. The highest BCUT2D eigenvalue weighted by atomic mass is 79.9. The van der Waals surface area contributed by atoms with E-state index in [1.165, 1.54) is 0 Å². The number of carbonyl (C=O) groups is 2. The SMILES string of the molecule is CCN(CC(=O)O)C1CC(NC(=O)C(C)Oc2cccc(Br)c2)C1. The van der Waals surface area contributed by atoms with E-state index in [1.807, 2.05) is 30.0 Å². The standard InChI is InChI=1S/C17H23BrN2O4/c1-3-20(10-16(21)22)14-8-13(9-14)19-17(23)11(2)24-15-6-4-5-12(18)7-15/h4-7,11,13-14H,3,8-10H2,1-2H3,(H,19,23)(H,21,22). The predicted molar refractivity (Wildman–Crippen MR) is 94.1 cm³/mol. The fraction of sp³-hybridized carbons (Fsp3) is 0.529. The van der Waals surface area contributed by atoms with Gasteiger partial charge in [-0.05, 0) is 44.5 Å². The van der Waals surface area contributed by atoms with Crippen molar-refractivity contribution >= 4 is 27.8 Å². The molecule has 1 aliphatic rings. The van der Waals surface area contributed by atoms with Gasteiger partial charge in [-0.25, -0.2) is 0 Å². The van der Waals surface area contributed by atoms with E-state index < -0.39 is 12.1 Å². The predicted octanol–water partition coefficient (Wildman–Crippen LogP) is 2.27. The highest BCUT2D eigenvalue weighted by molar-refractivity contribution is 9.10. The van der Waals surface area contributed by atoms with Crippen LogP contribution in [0.3, 0.4) is 0 Å². The third-order valence-corrected chi connectivity index (χ3v) is 4.69. The van der Waals surface area contributed by atoms with Gasteiger partial charge in [-0.15, -0.1) is 0 Å². The Hall–Kier alpha value is -1.60. The molecule has 2 rings (SSSR count). The van der Waals surface area contributed by atoms with Gasteiger partial charge in [0.15, 0.2) is 6.10 Å². The molecule has 0 bridgehead atoms. The Morgan fingerprint density at radius 1 is 1.46 bits per heavy atom. The summed E-state index contributed by atoms with van der Waals surface area (Å²) in [5.74, 6) is -0.336. The minimum atomic E-state index is -0.819. The van der Waals surface area contributed by atoms with Gasteiger partial charge in [-0.2, -0.15) is 0 Å². The van der Waals surface area contributed by atoms with Crippen molar-refractivity contribution in [1.29, 1.82) is 0 Å². The second-order valence-electron chi connectivity index (χ2n) is 6.01. The Kier molecular flexibility index (Phi) is 6.62. The van der Waals surface area contributed by atoms with Gasteiger partial charge in [0.05, 0.1) is 6.54 Å². The molecule has 0 radical (unpaired) electrons. The summed E-state index contributed by atoms with van der Waals surface area (Å²) in [6.07, 6.45) is 0.965. The number of carboxylic acid groups (broad SMARTS) is 1. The van der Waals surface area contributed by atoms with Crippen LogP contribution in [0.15, 0.2) is 28.7 Å². The first-order valence-electron chi connectivity index (χ1n) is 8.07. The summed E-state index contributed by atoms with van der Waals surface area (Å²) in [5, 5.41) is 11.9. The Morgan fingerprint density at radius 3 is 2.75 bits per heavy atom. The Morgan fingerprint density at radius 2 is 2.17 bits per heavy atom. The quantitative estimate of drug-likeness (QED) is 0.701. The number of hydrogen-bond donors (Lipinski definition) is 2. The fourth-order valence-electron chi connectivity index (χ4n) is 2.79. The number of aliphatic carboxylic acids is 1. The molecule has 1 aromatic carbocycles. The smallest absolute Gasteiger partial charge is 0.317 e. The molecule has 1 amide bonds. The van der Waals surface area contributed by atoms with Crippen LogP contribution in [0, 0.1) is 0 Å². The van der Waals surface area contributed by atoms with Crippen molar-refractivity contribution in [3.8, 4) is 5.75 Å². The first-order valence-corrected chi connectivity index (χ1v) is 8.86. The number of nitrogens with one attached hydrogen (secondary N) is 1. The minimum absolute atomic E-state index is 0.0459. The monoisotopic (exact) mass is 398 g/mol. The largest absolute Gasteiger partial charge is 0.481 e. The minimum Gasteiger partial charge on any atom is -0.481 e. The van der Waals surface area contributed by atoms with E-state index in [1.54, 1.807) is 13.0 Å². The number of halogens is 1. The van der Waals surface area contributed by atoms with Crippen molar-refractivity contribution in [2.24, 2.45) is 0 Å². The van der Waals surface area contributed by atoms with E-state index in [4.69, 9.17) is 9.84 Å². The van der Waals surface area contributed by atoms with Crippen LogP contribution in [0.4, 0.5) is 0 Å². The zero-order valence-electron chi connectivity index (χ0n) is 13.9. The molecule has 0 aromatic heterocycles. The third kappa shape index (κ3) is 5.21. The molecule has 6 nitrogen and oxygen atoms in total. The highest BCUT2D eigenvalue weighted by Gasteiger charge is 2.35. The average Bonchev–Trinajstić information content (AvgIpc) is 2.48. The Balaban J connectivity index is 1.76. The number of amides is 1. The van der Waals surface area contributed by atoms with Gasteiger partial charge in [0.1, 0.15) is 5.75 Å². The van der Waals surface area contributed by atoms with Crippen molar-refractivity contribution in [2.45, 2.75) is 44.9 Å². The molecule has 1 unspecified atom stereocenters. The molecule has 132 valence electrons. The number of likely N-dealkylation sites (N-methyl/N-ethyl adjacent to an activating group) is 1. The van der Waals surface area contributed by atoms with Crippen LogP contribution in [0.2, 0.25) is 0 Å². The molecule has 0 spiro atoms. The molecule has 1 aliphatic carbocycles. The van der Waals surface area contributed by atoms with Gasteiger partial charge in [0.2, 0.25) is 0 Å². The molecule has 24 heavy (non-hydrogen) atoms. The normalized spacial score (nSPS) is 21.0. The second kappa shape index (κ2) is 8.48. The van der Waals surface area contributed by atoms with Crippen LogP contribution in [0.1, 0.15) is 26.7 Å². The van der Waals surface area contributed by atoms with Gasteiger partial charge in [-0.3, -0.25) is 14.5 Å². The zero-order valence-corrected chi connectivity index (χ0v) is 15.5. The molecule has 0 heterocycles. The number of carboxylic acids is 1. The molecule has 7 heteroatoms. The fourth-order valence-corrected chi connectivity index (χ4v) is 3.17. The lowest BCUT2D eigenvalue weighted by atomic mass is 9.85. The summed E-state index contributed by atoms with van der Waals surface area (Å²) in [6, 6.07) is 7.66. The van der Waals surface area contributed by atoms with Crippen molar-refractivity contribution in [3.05, 3.63) is 28.7 Å². The number of benzene rings is 1. The van der Waals surface area contributed by atoms with Crippen LogP contribution in [-0.4, -0.2) is 53.2 Å². The maximum Gasteiger partial charge on any atom is 0.317 e. The van der Waals surface area contributed by atoms with E-state index in [-0.39, 0.29) is 24.5 Å². The van der Waals surface area contributed by atoms with Crippen molar-refractivity contribution in [1.82, 2.24) is 10.2 Å². The number of ether oxygens (including phenoxy) is 1.